The molecule has 7 N–H and O–H groups in total. The van der Waals surface area contributed by atoms with Crippen LogP contribution in [0, 0.1) is 0 Å². The standard InChI is InChI=1S/C17H20N6O2S.C15H18N6.C2H4Cl2O2S/c1-4-26(24,25)22-13-7-5-12(6-8-13)9-14-15-16(18)19-10-20-17(15)23(21-14)11(2)3;1-9(2)21-15-13(14(17)18-8-19-15)12(20-21)7-10-3-5-11(16)6-4-10;3-1-2-7(4,5)6/h4-8,10-11,22H,1,9H2,2-3H3,(H2,18,19,20);3-6,8-9H,7,16H2,1-2H3,(H2,17,18,19);1-2H2. The zero-order chi connectivity index (χ0) is 39.8. The van der Waals surface area contributed by atoms with Gasteiger partial charge in [-0.25, -0.2) is 46.1 Å². The summed E-state index contributed by atoms with van der Waals surface area (Å²) in [7, 11) is -2.13. The third kappa shape index (κ3) is 11.0. The Kier molecular flexibility index (Phi) is 13.8. The molecular formula is C34H42Cl2N12O4S2. The summed E-state index contributed by atoms with van der Waals surface area (Å²) < 4.78 is 49.0. The van der Waals surface area contributed by atoms with E-state index in [0.717, 1.165) is 50.0 Å². The number of nitrogens with two attached hydrogens (primary N) is 3. The molecule has 0 saturated heterocycles. The first-order valence-electron chi connectivity index (χ1n) is 16.4. The van der Waals surface area contributed by atoms with Crippen molar-refractivity contribution in [3.8, 4) is 0 Å². The maximum Gasteiger partial charge on any atom is 0.254 e. The van der Waals surface area contributed by atoms with Crippen molar-refractivity contribution in [2.24, 2.45) is 0 Å². The predicted octanol–water partition coefficient (Wildman–Crippen LogP) is 5.42. The van der Waals surface area contributed by atoms with Crippen LogP contribution in [0.2, 0.25) is 0 Å². The lowest BCUT2D eigenvalue weighted by molar-refractivity contribution is 0.541. The second-order valence-corrected chi connectivity index (χ2v) is 17.3. The molecule has 0 fully saturated rings. The van der Waals surface area contributed by atoms with Gasteiger partial charge in [-0.1, -0.05) is 30.8 Å². The highest BCUT2D eigenvalue weighted by atomic mass is 35.7. The zero-order valence-corrected chi connectivity index (χ0v) is 33.2. The van der Waals surface area contributed by atoms with Crippen LogP contribution in [0.5, 0.6) is 0 Å². The van der Waals surface area contributed by atoms with Gasteiger partial charge in [0, 0.05) is 58.3 Å². The summed E-state index contributed by atoms with van der Waals surface area (Å²) in [5.74, 6) is 0.770. The van der Waals surface area contributed by atoms with Crippen LogP contribution in [0.25, 0.3) is 22.1 Å². The maximum absolute atomic E-state index is 11.5. The van der Waals surface area contributed by atoms with Gasteiger partial charge in [-0.3, -0.25) is 4.72 Å². The van der Waals surface area contributed by atoms with E-state index in [0.29, 0.717) is 35.8 Å². The summed E-state index contributed by atoms with van der Waals surface area (Å²) >= 11 is 5.02. The number of hydrogen-bond donors (Lipinski definition) is 4. The number of fused-ring (bicyclic) bond motifs is 2. The minimum atomic E-state index is -3.52. The molecule has 2 aromatic carbocycles. The molecule has 20 heteroatoms. The summed E-state index contributed by atoms with van der Waals surface area (Å²) in [5.41, 5.74) is 24.3. The summed E-state index contributed by atoms with van der Waals surface area (Å²) in [6.07, 6.45) is 4.12. The molecule has 6 aromatic rings. The van der Waals surface area contributed by atoms with Crippen molar-refractivity contribution in [3.63, 3.8) is 0 Å². The van der Waals surface area contributed by atoms with E-state index >= 15 is 0 Å². The lowest BCUT2D eigenvalue weighted by Gasteiger charge is -2.06. The average molecular weight is 818 g/mol. The lowest BCUT2D eigenvalue weighted by Crippen LogP contribution is -2.08. The third-order valence-corrected chi connectivity index (χ3v) is 10.2. The van der Waals surface area contributed by atoms with Crippen molar-refractivity contribution >= 4 is 86.4 Å². The number of alkyl halides is 1. The summed E-state index contributed by atoms with van der Waals surface area (Å²) in [6.45, 7) is 11.5. The molecule has 0 aliphatic carbocycles. The predicted molar refractivity (Wildman–Crippen MR) is 216 cm³/mol. The van der Waals surface area contributed by atoms with Gasteiger partial charge in [0.2, 0.25) is 9.05 Å². The maximum atomic E-state index is 11.5. The van der Waals surface area contributed by atoms with E-state index in [4.69, 9.17) is 39.5 Å². The molecule has 16 nitrogen and oxygen atoms in total. The van der Waals surface area contributed by atoms with Crippen molar-refractivity contribution in [2.45, 2.75) is 52.6 Å². The van der Waals surface area contributed by atoms with E-state index in [-0.39, 0.29) is 23.7 Å². The molecule has 0 unspecified atom stereocenters. The van der Waals surface area contributed by atoms with Crippen LogP contribution in [0.1, 0.15) is 62.3 Å². The quantitative estimate of drug-likeness (QED) is 0.0726. The first-order chi connectivity index (χ1) is 25.4. The molecule has 0 saturated carbocycles. The molecule has 6 rings (SSSR count). The van der Waals surface area contributed by atoms with Gasteiger partial charge in [-0.2, -0.15) is 10.2 Å². The fourth-order valence-electron chi connectivity index (χ4n) is 5.11. The highest BCUT2D eigenvalue weighted by Gasteiger charge is 2.19. The number of benzene rings is 2. The van der Waals surface area contributed by atoms with Gasteiger partial charge in [-0.05, 0) is 63.1 Å². The van der Waals surface area contributed by atoms with Gasteiger partial charge in [0.1, 0.15) is 24.3 Å². The monoisotopic (exact) mass is 816 g/mol. The number of nitrogens with zero attached hydrogens (tertiary/aromatic N) is 8. The van der Waals surface area contributed by atoms with Crippen LogP contribution < -0.4 is 21.9 Å². The number of hydrogen-bond acceptors (Lipinski definition) is 13. The summed E-state index contributed by atoms with van der Waals surface area (Å²) in [4.78, 5) is 16.8. The van der Waals surface area contributed by atoms with Crippen LogP contribution in [0.15, 0.2) is 73.2 Å². The highest BCUT2D eigenvalue weighted by molar-refractivity contribution is 8.13. The molecule has 4 heterocycles. The third-order valence-electron chi connectivity index (χ3n) is 7.64. The van der Waals surface area contributed by atoms with Crippen molar-refractivity contribution < 1.29 is 16.8 Å². The Morgan fingerprint density at radius 1 is 0.741 bits per heavy atom. The second-order valence-electron chi connectivity index (χ2n) is 12.4. The topological polar surface area (TPSA) is 246 Å². The van der Waals surface area contributed by atoms with Crippen LogP contribution in [0.4, 0.5) is 23.0 Å². The molecule has 0 spiro atoms. The number of sulfonamides is 1. The van der Waals surface area contributed by atoms with E-state index in [2.05, 4.69) is 55.3 Å². The molecule has 0 amide bonds. The number of nitrogens with one attached hydrogen (secondary N) is 1. The van der Waals surface area contributed by atoms with Crippen LogP contribution in [-0.2, 0) is 31.9 Å². The minimum Gasteiger partial charge on any atom is -0.399 e. The molecule has 0 atom stereocenters. The number of nitrogen functional groups attached to an aromatic ring is 3. The minimum absolute atomic E-state index is 0.0613. The normalized spacial score (nSPS) is 11.6. The smallest absolute Gasteiger partial charge is 0.254 e. The Morgan fingerprint density at radius 3 is 1.52 bits per heavy atom. The van der Waals surface area contributed by atoms with E-state index in [1.165, 1.54) is 12.7 Å². The Labute approximate surface area is 323 Å². The van der Waals surface area contributed by atoms with Gasteiger partial charge in [-0.15, -0.1) is 11.6 Å². The molecule has 4 aromatic heterocycles. The molecule has 0 aliphatic heterocycles. The number of aromatic nitrogens is 8. The zero-order valence-electron chi connectivity index (χ0n) is 30.1. The van der Waals surface area contributed by atoms with Gasteiger partial charge < -0.3 is 17.2 Å². The Morgan fingerprint density at radius 2 is 1.17 bits per heavy atom. The summed E-state index contributed by atoms with van der Waals surface area (Å²) in [6, 6.07) is 15.2. The first kappa shape index (κ1) is 41.7. The number of rotatable bonds is 11. The van der Waals surface area contributed by atoms with Crippen LogP contribution >= 0.6 is 22.3 Å². The molecule has 54 heavy (non-hydrogen) atoms. The number of halogens is 2. The van der Waals surface area contributed by atoms with Gasteiger partial charge in [0.25, 0.3) is 10.0 Å². The Balaban J connectivity index is 0.000000208. The molecular weight excluding hydrogens is 775 g/mol. The fraction of sp³-hybridized carbons (Fsp3) is 0.294. The van der Waals surface area contributed by atoms with Crippen molar-refractivity contribution in [1.29, 1.82) is 0 Å². The highest BCUT2D eigenvalue weighted by Crippen LogP contribution is 2.27. The molecule has 0 radical (unpaired) electrons. The van der Waals surface area contributed by atoms with Gasteiger partial charge in [0.15, 0.2) is 11.3 Å². The van der Waals surface area contributed by atoms with Crippen LogP contribution in [0.3, 0.4) is 0 Å². The van der Waals surface area contributed by atoms with E-state index < -0.39 is 19.1 Å². The Hall–Kier alpha value is -5.04. The summed E-state index contributed by atoms with van der Waals surface area (Å²) in [5, 5.41) is 11.8. The van der Waals surface area contributed by atoms with E-state index in [1.54, 1.807) is 12.1 Å². The Bertz CT molecular complexity index is 2440. The molecule has 0 bridgehead atoms. The second kappa shape index (κ2) is 17.9. The number of anilines is 4. The van der Waals surface area contributed by atoms with Crippen LogP contribution in [-0.4, -0.2) is 68.0 Å². The van der Waals surface area contributed by atoms with E-state index in [1.807, 2.05) is 59.6 Å². The molecule has 288 valence electrons. The fourth-order valence-corrected chi connectivity index (χ4v) is 6.92. The lowest BCUT2D eigenvalue weighted by atomic mass is 10.1. The van der Waals surface area contributed by atoms with E-state index in [9.17, 15) is 16.8 Å². The first-order valence-corrected chi connectivity index (χ1v) is 21.0. The largest absolute Gasteiger partial charge is 0.399 e. The van der Waals surface area contributed by atoms with Crippen molar-refractivity contribution in [2.75, 3.05) is 33.6 Å². The SMILES string of the molecule is C=CS(=O)(=O)Nc1ccc(Cc2nn(C(C)C)c3ncnc(N)c23)cc1.CC(C)n1nc(Cc2ccc(N)cc2)c2c(N)ncnc21.O=S(=O)(Cl)CCCl. The van der Waals surface area contributed by atoms with Gasteiger partial charge >= 0.3 is 0 Å². The van der Waals surface area contributed by atoms with Gasteiger partial charge in [0.05, 0.1) is 27.9 Å². The molecule has 0 aliphatic rings. The average Bonchev–Trinajstić information content (AvgIpc) is 3.67. The van der Waals surface area contributed by atoms with Crippen molar-refractivity contribution in [3.05, 3.63) is 95.7 Å². The van der Waals surface area contributed by atoms with Crippen molar-refractivity contribution in [1.82, 2.24) is 39.5 Å².